The Balaban J connectivity index is 2.94. The zero-order valence-electron chi connectivity index (χ0n) is 11.3. The molecule has 6 heteroatoms. The van der Waals surface area contributed by atoms with Gasteiger partial charge in [0.2, 0.25) is 0 Å². The number of pyridine rings is 1. The van der Waals surface area contributed by atoms with Gasteiger partial charge in [0.05, 0.1) is 17.2 Å². The third kappa shape index (κ3) is 4.34. The first-order chi connectivity index (χ1) is 9.01. The van der Waals surface area contributed by atoms with Crippen molar-refractivity contribution >= 4 is 29.1 Å². The number of hydrogen-bond acceptors (Lipinski definition) is 3. The molecule has 106 valence electrons. The second-order valence-electron chi connectivity index (χ2n) is 4.25. The highest BCUT2D eigenvalue weighted by Gasteiger charge is 2.21. The van der Waals surface area contributed by atoms with E-state index in [1.807, 2.05) is 13.8 Å². The SMILES string of the molecule is CCC(C)N(CCOC)C(=O)c1cnc(Cl)c(Cl)c1. The van der Waals surface area contributed by atoms with E-state index >= 15 is 0 Å². The van der Waals surface area contributed by atoms with Crippen LogP contribution >= 0.6 is 23.2 Å². The van der Waals surface area contributed by atoms with Gasteiger partial charge in [0.1, 0.15) is 5.15 Å². The molecule has 0 spiro atoms. The van der Waals surface area contributed by atoms with Crippen LogP contribution in [0, 0.1) is 0 Å². The van der Waals surface area contributed by atoms with Gasteiger partial charge in [-0.25, -0.2) is 4.98 Å². The Hall–Kier alpha value is -0.840. The highest BCUT2D eigenvalue weighted by molar-refractivity contribution is 6.41. The fourth-order valence-corrected chi connectivity index (χ4v) is 1.91. The van der Waals surface area contributed by atoms with Crippen molar-refractivity contribution in [2.45, 2.75) is 26.3 Å². The van der Waals surface area contributed by atoms with Gasteiger partial charge in [-0.1, -0.05) is 30.1 Å². The van der Waals surface area contributed by atoms with Crippen LogP contribution in [0.3, 0.4) is 0 Å². The molecular weight excluding hydrogens is 287 g/mol. The first-order valence-electron chi connectivity index (χ1n) is 6.12. The van der Waals surface area contributed by atoms with Crippen LogP contribution in [-0.4, -0.2) is 42.1 Å². The van der Waals surface area contributed by atoms with Crippen LogP contribution in [0.4, 0.5) is 0 Å². The molecule has 0 radical (unpaired) electrons. The summed E-state index contributed by atoms with van der Waals surface area (Å²) in [6.45, 7) is 5.05. The van der Waals surface area contributed by atoms with Gasteiger partial charge in [-0.3, -0.25) is 4.79 Å². The minimum absolute atomic E-state index is 0.113. The van der Waals surface area contributed by atoms with Crippen LogP contribution in [0.5, 0.6) is 0 Å². The van der Waals surface area contributed by atoms with E-state index in [-0.39, 0.29) is 22.1 Å². The smallest absolute Gasteiger partial charge is 0.255 e. The number of halogens is 2. The topological polar surface area (TPSA) is 42.4 Å². The number of carbonyl (C=O) groups is 1. The summed E-state index contributed by atoms with van der Waals surface area (Å²) in [4.78, 5) is 18.1. The van der Waals surface area contributed by atoms with Gasteiger partial charge in [0.25, 0.3) is 5.91 Å². The number of nitrogens with zero attached hydrogens (tertiary/aromatic N) is 2. The maximum Gasteiger partial charge on any atom is 0.255 e. The van der Waals surface area contributed by atoms with Crippen molar-refractivity contribution < 1.29 is 9.53 Å². The molecule has 0 aromatic carbocycles. The summed E-state index contributed by atoms with van der Waals surface area (Å²) < 4.78 is 5.04. The molecule has 0 saturated carbocycles. The minimum atomic E-state index is -0.113. The summed E-state index contributed by atoms with van der Waals surface area (Å²) in [5.41, 5.74) is 0.436. The second-order valence-corrected chi connectivity index (χ2v) is 5.01. The number of aromatic nitrogens is 1. The standard InChI is InChI=1S/C13H18Cl2N2O2/c1-4-9(2)17(5-6-19-3)13(18)10-7-11(14)12(15)16-8-10/h7-9H,4-6H2,1-3H3. The van der Waals surface area contributed by atoms with Gasteiger partial charge in [-0.05, 0) is 19.4 Å². The zero-order chi connectivity index (χ0) is 14.4. The third-order valence-corrected chi connectivity index (χ3v) is 3.65. The number of rotatable bonds is 6. The summed E-state index contributed by atoms with van der Waals surface area (Å²) in [7, 11) is 1.61. The average molecular weight is 305 g/mol. The molecule has 1 rings (SSSR count). The van der Waals surface area contributed by atoms with Crippen LogP contribution < -0.4 is 0 Å². The molecule has 0 aliphatic carbocycles. The largest absolute Gasteiger partial charge is 0.383 e. The number of carbonyl (C=O) groups excluding carboxylic acids is 1. The van der Waals surface area contributed by atoms with Gasteiger partial charge >= 0.3 is 0 Å². The Labute approximate surface area is 123 Å². The van der Waals surface area contributed by atoms with E-state index < -0.39 is 0 Å². The summed E-state index contributed by atoms with van der Waals surface area (Å²) in [5, 5.41) is 0.480. The summed E-state index contributed by atoms with van der Waals surface area (Å²) in [6, 6.07) is 1.67. The third-order valence-electron chi connectivity index (χ3n) is 2.96. The second kappa shape index (κ2) is 7.68. The molecule has 1 unspecified atom stereocenters. The zero-order valence-corrected chi connectivity index (χ0v) is 12.8. The van der Waals surface area contributed by atoms with Crippen molar-refractivity contribution in [1.29, 1.82) is 0 Å². The van der Waals surface area contributed by atoms with Crippen molar-refractivity contribution in [1.82, 2.24) is 9.88 Å². The van der Waals surface area contributed by atoms with E-state index in [1.165, 1.54) is 6.20 Å². The molecule has 1 atom stereocenters. The molecule has 1 aromatic rings. The lowest BCUT2D eigenvalue weighted by atomic mass is 10.1. The van der Waals surface area contributed by atoms with Gasteiger partial charge in [-0.2, -0.15) is 0 Å². The number of methoxy groups -OCH3 is 1. The quantitative estimate of drug-likeness (QED) is 0.758. The van der Waals surface area contributed by atoms with Crippen molar-refractivity contribution in [2.24, 2.45) is 0 Å². The van der Waals surface area contributed by atoms with E-state index in [4.69, 9.17) is 27.9 Å². The Morgan fingerprint density at radius 3 is 2.74 bits per heavy atom. The van der Waals surface area contributed by atoms with Crippen molar-refractivity contribution in [3.63, 3.8) is 0 Å². The van der Waals surface area contributed by atoms with Crippen molar-refractivity contribution in [3.8, 4) is 0 Å². The van der Waals surface area contributed by atoms with E-state index in [0.717, 1.165) is 6.42 Å². The molecule has 0 aliphatic heterocycles. The van der Waals surface area contributed by atoms with E-state index in [0.29, 0.717) is 18.7 Å². The molecule has 19 heavy (non-hydrogen) atoms. The minimum Gasteiger partial charge on any atom is -0.383 e. The molecule has 0 aliphatic rings. The lowest BCUT2D eigenvalue weighted by Crippen LogP contribution is -2.40. The lowest BCUT2D eigenvalue weighted by molar-refractivity contribution is 0.0613. The van der Waals surface area contributed by atoms with Crippen LogP contribution in [0.25, 0.3) is 0 Å². The van der Waals surface area contributed by atoms with Gasteiger partial charge in [0, 0.05) is 25.9 Å². The predicted octanol–water partition coefficient (Wildman–Crippen LogP) is 3.28. The van der Waals surface area contributed by atoms with Crippen LogP contribution in [0.1, 0.15) is 30.6 Å². The molecule has 1 heterocycles. The summed E-state index contributed by atoms with van der Waals surface area (Å²) >= 11 is 11.6. The maximum absolute atomic E-state index is 12.4. The highest BCUT2D eigenvalue weighted by atomic mass is 35.5. The Bertz CT molecular complexity index is 441. The Morgan fingerprint density at radius 1 is 1.53 bits per heavy atom. The fraction of sp³-hybridized carbons (Fsp3) is 0.538. The molecular formula is C13H18Cl2N2O2. The van der Waals surface area contributed by atoms with Crippen LogP contribution in [0.2, 0.25) is 10.2 Å². The van der Waals surface area contributed by atoms with Crippen molar-refractivity contribution in [3.05, 3.63) is 28.0 Å². The molecule has 1 aromatic heterocycles. The summed E-state index contributed by atoms with van der Waals surface area (Å²) in [6.07, 6.45) is 2.31. The Kier molecular flexibility index (Phi) is 6.55. The molecule has 0 saturated heterocycles. The van der Waals surface area contributed by atoms with E-state index in [2.05, 4.69) is 4.98 Å². The molecule has 0 fully saturated rings. The highest BCUT2D eigenvalue weighted by Crippen LogP contribution is 2.21. The first-order valence-corrected chi connectivity index (χ1v) is 6.87. The number of amides is 1. The van der Waals surface area contributed by atoms with Gasteiger partial charge in [-0.15, -0.1) is 0 Å². The number of ether oxygens (including phenoxy) is 1. The van der Waals surface area contributed by atoms with Crippen LogP contribution in [0.15, 0.2) is 12.3 Å². The van der Waals surface area contributed by atoms with Gasteiger partial charge in [0.15, 0.2) is 0 Å². The molecule has 0 bridgehead atoms. The predicted molar refractivity (Wildman–Crippen MR) is 76.9 cm³/mol. The van der Waals surface area contributed by atoms with E-state index in [1.54, 1.807) is 18.1 Å². The maximum atomic E-state index is 12.4. The fourth-order valence-electron chi connectivity index (χ4n) is 1.64. The summed E-state index contributed by atoms with van der Waals surface area (Å²) in [5.74, 6) is -0.113. The monoisotopic (exact) mass is 304 g/mol. The first kappa shape index (κ1) is 16.2. The molecule has 0 N–H and O–H groups in total. The lowest BCUT2D eigenvalue weighted by Gasteiger charge is -2.28. The molecule has 4 nitrogen and oxygen atoms in total. The molecule has 1 amide bonds. The van der Waals surface area contributed by atoms with Crippen LogP contribution in [-0.2, 0) is 4.74 Å². The Morgan fingerprint density at radius 2 is 2.21 bits per heavy atom. The van der Waals surface area contributed by atoms with E-state index in [9.17, 15) is 4.79 Å². The number of hydrogen-bond donors (Lipinski definition) is 0. The van der Waals surface area contributed by atoms with Crippen molar-refractivity contribution in [2.75, 3.05) is 20.3 Å². The average Bonchev–Trinajstić information content (AvgIpc) is 2.41. The normalized spacial score (nSPS) is 12.3. The van der Waals surface area contributed by atoms with Gasteiger partial charge < -0.3 is 9.64 Å².